The van der Waals surface area contributed by atoms with Gasteiger partial charge >= 0.3 is 0 Å². The predicted octanol–water partition coefficient (Wildman–Crippen LogP) is 10.8. The smallest absolute Gasteiger partial charge is 0.258 e. The van der Waals surface area contributed by atoms with Crippen LogP contribution in [0.15, 0.2) is 95.9 Å². The van der Waals surface area contributed by atoms with E-state index < -0.39 is 8.32 Å². The summed E-state index contributed by atoms with van der Waals surface area (Å²) in [6, 6.07) is 30.3. The minimum Gasteiger partial charge on any atom is -0.543 e. The quantitative estimate of drug-likeness (QED) is 0.181. The Balaban J connectivity index is 1.45. The SMILES string of the molecule is Cc1cc(OCc2ccccc2)cc2c1S[C@@H](c1ccc(O[Si](C(C)C)(C(C)C)C(C)C)cc1)[C@@H](c1ccc(O)cc1)O2. The van der Waals surface area contributed by atoms with Crippen molar-refractivity contribution in [2.24, 2.45) is 0 Å². The second kappa shape index (κ2) is 13.1. The molecule has 0 spiro atoms. The highest BCUT2D eigenvalue weighted by Crippen LogP contribution is 2.55. The van der Waals surface area contributed by atoms with Gasteiger partial charge in [-0.2, -0.15) is 0 Å². The van der Waals surface area contributed by atoms with Crippen molar-refractivity contribution >= 4 is 20.1 Å². The van der Waals surface area contributed by atoms with Gasteiger partial charge in [-0.25, -0.2) is 0 Å². The molecule has 0 radical (unpaired) electrons. The number of fused-ring (bicyclic) bond motifs is 1. The van der Waals surface area contributed by atoms with Crippen LogP contribution in [0.3, 0.4) is 0 Å². The molecule has 1 N–H and O–H groups in total. The molecule has 1 aliphatic heterocycles. The van der Waals surface area contributed by atoms with Gasteiger partial charge in [0.25, 0.3) is 8.32 Å². The fourth-order valence-electron chi connectivity index (χ4n) is 6.59. The zero-order chi connectivity index (χ0) is 30.7. The van der Waals surface area contributed by atoms with E-state index in [0.29, 0.717) is 23.2 Å². The summed E-state index contributed by atoms with van der Waals surface area (Å²) in [5, 5.41) is 10.0. The molecule has 0 bridgehead atoms. The number of rotatable bonds is 10. The Morgan fingerprint density at radius 2 is 1.37 bits per heavy atom. The third kappa shape index (κ3) is 6.60. The number of aromatic hydroxyl groups is 1. The van der Waals surface area contributed by atoms with Crippen LogP contribution in [-0.4, -0.2) is 13.4 Å². The van der Waals surface area contributed by atoms with Crippen molar-refractivity contribution in [3.8, 4) is 23.0 Å². The molecule has 0 amide bonds. The number of benzene rings is 4. The van der Waals surface area contributed by atoms with Gasteiger partial charge in [0.05, 0.1) is 10.1 Å². The lowest BCUT2D eigenvalue weighted by atomic mass is 10.00. The molecular formula is C37H44O4SSi. The maximum absolute atomic E-state index is 9.99. The lowest BCUT2D eigenvalue weighted by Crippen LogP contribution is -2.50. The average molecular weight is 613 g/mol. The summed E-state index contributed by atoms with van der Waals surface area (Å²) in [7, 11) is -2.05. The first-order valence-corrected chi connectivity index (χ1v) is 18.3. The van der Waals surface area contributed by atoms with E-state index in [0.717, 1.165) is 38.8 Å². The summed E-state index contributed by atoms with van der Waals surface area (Å²) >= 11 is 1.83. The van der Waals surface area contributed by atoms with Crippen molar-refractivity contribution in [1.29, 1.82) is 0 Å². The summed E-state index contributed by atoms with van der Waals surface area (Å²) < 4.78 is 19.9. The van der Waals surface area contributed by atoms with Crippen LogP contribution in [0, 0.1) is 6.92 Å². The van der Waals surface area contributed by atoms with Crippen LogP contribution in [-0.2, 0) is 6.61 Å². The second-order valence-electron chi connectivity index (χ2n) is 12.5. The van der Waals surface area contributed by atoms with Crippen LogP contribution in [0.4, 0.5) is 0 Å². The molecule has 2 atom stereocenters. The average Bonchev–Trinajstić information content (AvgIpc) is 2.99. The molecule has 4 aromatic rings. The number of thioether (sulfide) groups is 1. The molecule has 0 fully saturated rings. The topological polar surface area (TPSA) is 47.9 Å². The second-order valence-corrected chi connectivity index (χ2v) is 19.0. The van der Waals surface area contributed by atoms with Crippen LogP contribution in [0.5, 0.6) is 23.0 Å². The fourth-order valence-corrected chi connectivity index (χ4v) is 13.2. The highest BCUT2D eigenvalue weighted by atomic mass is 32.2. The molecule has 5 rings (SSSR count). The minimum atomic E-state index is -2.05. The monoisotopic (exact) mass is 612 g/mol. The Bertz CT molecular complexity index is 1480. The minimum absolute atomic E-state index is 0.0168. The van der Waals surface area contributed by atoms with Crippen molar-refractivity contribution in [2.75, 3.05) is 0 Å². The molecule has 0 saturated heterocycles. The predicted molar refractivity (Wildman–Crippen MR) is 180 cm³/mol. The summed E-state index contributed by atoms with van der Waals surface area (Å²) in [6.45, 7) is 16.5. The summed E-state index contributed by atoms with van der Waals surface area (Å²) in [5.41, 5.74) is 5.97. The normalized spacial score (nSPS) is 16.7. The lowest BCUT2D eigenvalue weighted by Gasteiger charge is -2.42. The van der Waals surface area contributed by atoms with E-state index in [9.17, 15) is 5.11 Å². The first-order valence-electron chi connectivity index (χ1n) is 15.3. The van der Waals surface area contributed by atoms with E-state index in [4.69, 9.17) is 13.9 Å². The highest BCUT2D eigenvalue weighted by Gasteiger charge is 2.47. The van der Waals surface area contributed by atoms with E-state index in [1.54, 1.807) is 12.1 Å². The van der Waals surface area contributed by atoms with Crippen molar-refractivity contribution in [3.05, 3.63) is 113 Å². The Kier molecular flexibility index (Phi) is 9.47. The van der Waals surface area contributed by atoms with Crippen molar-refractivity contribution in [3.63, 3.8) is 0 Å². The standard InChI is InChI=1S/C37H44O4SSi/c1-24(2)43(25(3)4,26(5)6)41-32-19-15-30(16-20-32)37-35(29-13-17-31(38)18-14-29)40-34-22-33(21-27(7)36(34)42-37)39-23-28-11-9-8-10-12-28/h8-22,24-26,35,37-38H,23H2,1-7H3/t35-,37+/m1/s1. The Morgan fingerprint density at radius 3 is 1.98 bits per heavy atom. The third-order valence-electron chi connectivity index (χ3n) is 8.67. The van der Waals surface area contributed by atoms with Crippen molar-refractivity contribution in [1.82, 2.24) is 0 Å². The van der Waals surface area contributed by atoms with Gasteiger partial charge in [0.2, 0.25) is 0 Å². The van der Waals surface area contributed by atoms with Gasteiger partial charge in [0, 0.05) is 6.07 Å². The summed E-state index contributed by atoms with van der Waals surface area (Å²) in [6.07, 6.45) is -0.246. The van der Waals surface area contributed by atoms with E-state index in [1.807, 2.05) is 48.2 Å². The number of phenolic OH excluding ortho intramolecular Hbond substituents is 1. The largest absolute Gasteiger partial charge is 0.543 e. The molecule has 4 aromatic carbocycles. The van der Waals surface area contributed by atoms with Crippen LogP contribution >= 0.6 is 11.8 Å². The van der Waals surface area contributed by atoms with Crippen LogP contribution in [0.2, 0.25) is 16.6 Å². The number of ether oxygens (including phenoxy) is 2. The number of aryl methyl sites for hydroxylation is 1. The molecule has 0 aliphatic carbocycles. The molecule has 43 heavy (non-hydrogen) atoms. The van der Waals surface area contributed by atoms with Crippen LogP contribution in [0.1, 0.15) is 75.2 Å². The van der Waals surface area contributed by atoms with Gasteiger partial charge in [-0.1, -0.05) is 96.1 Å². The van der Waals surface area contributed by atoms with Gasteiger partial charge in [-0.15, -0.1) is 11.8 Å². The van der Waals surface area contributed by atoms with Gasteiger partial charge < -0.3 is 19.0 Å². The number of hydrogen-bond acceptors (Lipinski definition) is 5. The molecule has 4 nitrogen and oxygen atoms in total. The van der Waals surface area contributed by atoms with E-state index in [2.05, 4.69) is 90.9 Å². The Morgan fingerprint density at radius 1 is 0.767 bits per heavy atom. The first-order chi connectivity index (χ1) is 20.6. The van der Waals surface area contributed by atoms with Crippen molar-refractivity contribution in [2.45, 2.75) is 87.9 Å². The third-order valence-corrected chi connectivity index (χ3v) is 16.2. The van der Waals surface area contributed by atoms with Crippen LogP contribution < -0.4 is 13.9 Å². The van der Waals surface area contributed by atoms with E-state index in [1.165, 1.54) is 5.56 Å². The van der Waals surface area contributed by atoms with E-state index >= 15 is 0 Å². The summed E-state index contributed by atoms with van der Waals surface area (Å²) in [4.78, 5) is 1.12. The molecule has 1 aliphatic rings. The summed E-state index contributed by atoms with van der Waals surface area (Å²) in [5.74, 6) is 2.81. The molecule has 0 saturated carbocycles. The van der Waals surface area contributed by atoms with Gasteiger partial charge in [-0.3, -0.25) is 0 Å². The maximum atomic E-state index is 9.99. The molecular weight excluding hydrogens is 569 g/mol. The Hall–Kier alpha value is -3.35. The fraction of sp³-hybridized carbons (Fsp3) is 0.351. The maximum Gasteiger partial charge on any atom is 0.258 e. The molecule has 6 heteroatoms. The molecule has 1 heterocycles. The van der Waals surface area contributed by atoms with Crippen molar-refractivity contribution < 1.29 is 19.0 Å². The molecule has 0 aromatic heterocycles. The Labute approximate surface area is 262 Å². The number of phenols is 1. The lowest BCUT2D eigenvalue weighted by molar-refractivity contribution is 0.189. The zero-order valence-electron chi connectivity index (χ0n) is 26.3. The molecule has 226 valence electrons. The van der Waals surface area contributed by atoms with Crippen LogP contribution in [0.25, 0.3) is 0 Å². The first kappa shape index (κ1) is 31.1. The molecule has 0 unspecified atom stereocenters. The van der Waals surface area contributed by atoms with Gasteiger partial charge in [0.15, 0.2) is 0 Å². The van der Waals surface area contributed by atoms with Gasteiger partial charge in [0.1, 0.15) is 35.7 Å². The zero-order valence-corrected chi connectivity index (χ0v) is 28.2. The number of hydrogen-bond donors (Lipinski definition) is 1. The van der Waals surface area contributed by atoms with Gasteiger partial charge in [-0.05, 0) is 76.1 Å². The highest BCUT2D eigenvalue weighted by molar-refractivity contribution is 7.99. The van der Waals surface area contributed by atoms with E-state index in [-0.39, 0.29) is 17.1 Å².